The molecule has 0 unspecified atom stereocenters. The topological polar surface area (TPSA) is 79.8 Å². The van der Waals surface area contributed by atoms with Gasteiger partial charge in [-0.3, -0.25) is 4.79 Å². The Hall–Kier alpha value is -7.25. The molecule has 1 aliphatic carbocycles. The number of hydrogen-bond donors (Lipinski definition) is 1. The van der Waals surface area contributed by atoms with Gasteiger partial charge in [0.05, 0.1) is 27.8 Å². The Balaban J connectivity index is 0.994. The number of carbonyl (C=O) groups is 2. The van der Waals surface area contributed by atoms with Crippen LogP contribution in [0.25, 0.3) is 73.4 Å². The largest absolute Gasteiger partial charge is 0.476 e. The van der Waals surface area contributed by atoms with E-state index in [1.807, 2.05) is 18.2 Å². The number of aliphatic carboxylic acids is 1. The fraction of sp³-hybridized carbons (Fsp3) is 0.0426. The first-order chi connectivity index (χ1) is 26.5. The Bertz CT molecular complexity index is 2970. The van der Waals surface area contributed by atoms with Crippen molar-refractivity contribution in [3.63, 3.8) is 0 Å². The van der Waals surface area contributed by atoms with Crippen molar-refractivity contribution in [2.24, 2.45) is 5.10 Å². The molecule has 1 aliphatic heterocycles. The molecule has 258 valence electrons. The van der Waals surface area contributed by atoms with Crippen LogP contribution in [0.5, 0.6) is 0 Å². The quantitative estimate of drug-likeness (QED) is 0.177. The second-order valence-corrected chi connectivity index (χ2v) is 13.6. The summed E-state index contributed by atoms with van der Waals surface area (Å²) in [5, 5.41) is 21.1. The highest BCUT2D eigenvalue weighted by Gasteiger charge is 2.35. The van der Waals surface area contributed by atoms with Gasteiger partial charge in [-0.25, -0.2) is 4.79 Å². The first kappa shape index (κ1) is 31.5. The zero-order chi connectivity index (χ0) is 36.3. The van der Waals surface area contributed by atoms with E-state index in [2.05, 4.69) is 130 Å². The van der Waals surface area contributed by atoms with Gasteiger partial charge in [-0.2, -0.15) is 10.1 Å². The van der Waals surface area contributed by atoms with Crippen molar-refractivity contribution in [2.75, 3.05) is 5.01 Å². The summed E-state index contributed by atoms with van der Waals surface area (Å²) in [4.78, 5) is 25.7. The van der Waals surface area contributed by atoms with E-state index < -0.39 is 11.9 Å². The van der Waals surface area contributed by atoms with E-state index in [9.17, 15) is 14.7 Å². The maximum atomic E-state index is 13.5. The van der Waals surface area contributed by atoms with Crippen LogP contribution < -0.4 is 15.6 Å². The summed E-state index contributed by atoms with van der Waals surface area (Å²) in [6, 6.07) is 49.4. The summed E-state index contributed by atoms with van der Waals surface area (Å²) in [5.74, 6) is -1.72. The molecule has 0 saturated heterocycles. The fourth-order valence-corrected chi connectivity index (χ4v) is 8.00. The van der Waals surface area contributed by atoms with Crippen LogP contribution in [0.2, 0.25) is 0 Å². The number of nitrogens with zero attached hydrogens (tertiary/aromatic N) is 4. The summed E-state index contributed by atoms with van der Waals surface area (Å²) in [7, 11) is 0. The molecular formula is C47H32N4O3. The van der Waals surface area contributed by atoms with E-state index in [-0.39, 0.29) is 11.3 Å². The predicted octanol–water partition coefficient (Wildman–Crippen LogP) is 8.62. The maximum absolute atomic E-state index is 13.5. The van der Waals surface area contributed by atoms with Crippen molar-refractivity contribution in [2.45, 2.75) is 12.8 Å². The Morgan fingerprint density at radius 2 is 1.17 bits per heavy atom. The van der Waals surface area contributed by atoms with Crippen molar-refractivity contribution in [3.05, 3.63) is 167 Å². The minimum atomic E-state index is -1.25. The fourth-order valence-electron chi connectivity index (χ4n) is 8.00. The lowest BCUT2D eigenvalue weighted by atomic mass is 10.0. The van der Waals surface area contributed by atoms with Crippen LogP contribution in [0.15, 0.2) is 156 Å². The SMILES string of the molecule is O=C(O)C1=NN(c2ccccc2)C(=O)/C1=C\c1ccc2c(c1)c1c(n2-c2ccc(-c3ccc(-n4c5ccccc5c5ccccc54)cc3)cc2)=CCCC=1. The van der Waals surface area contributed by atoms with Crippen molar-refractivity contribution in [1.29, 1.82) is 0 Å². The number of amides is 1. The molecule has 54 heavy (non-hydrogen) atoms. The molecule has 8 aromatic rings. The number of carbonyl (C=O) groups excluding carboxylic acids is 1. The van der Waals surface area contributed by atoms with Gasteiger partial charge < -0.3 is 14.2 Å². The molecule has 7 heteroatoms. The van der Waals surface area contributed by atoms with E-state index in [1.54, 1.807) is 30.3 Å². The van der Waals surface area contributed by atoms with Crippen LogP contribution in [0.1, 0.15) is 18.4 Å². The Morgan fingerprint density at radius 3 is 1.81 bits per heavy atom. The average molecular weight is 701 g/mol. The number of hydrazone groups is 1. The normalized spacial score (nSPS) is 14.7. The monoisotopic (exact) mass is 700 g/mol. The molecule has 3 heterocycles. The number of para-hydroxylation sites is 3. The number of carboxylic acid groups (broad SMARTS) is 1. The third-order valence-corrected chi connectivity index (χ3v) is 10.5. The van der Waals surface area contributed by atoms with Crippen molar-refractivity contribution >= 4 is 74.2 Å². The number of hydrogen-bond acceptors (Lipinski definition) is 3. The predicted molar refractivity (Wildman–Crippen MR) is 217 cm³/mol. The highest BCUT2D eigenvalue weighted by Crippen LogP contribution is 2.33. The Labute approximate surface area is 309 Å². The Morgan fingerprint density at radius 1 is 0.593 bits per heavy atom. The van der Waals surface area contributed by atoms with Crippen LogP contribution in [0, 0.1) is 0 Å². The van der Waals surface area contributed by atoms with Gasteiger partial charge in [0.1, 0.15) is 0 Å². The number of anilines is 1. The highest BCUT2D eigenvalue weighted by atomic mass is 16.4. The molecule has 6 aromatic carbocycles. The van der Waals surface area contributed by atoms with Gasteiger partial charge in [-0.15, -0.1) is 0 Å². The third-order valence-electron chi connectivity index (χ3n) is 10.5. The lowest BCUT2D eigenvalue weighted by Gasteiger charge is -2.11. The zero-order valence-corrected chi connectivity index (χ0v) is 29.1. The van der Waals surface area contributed by atoms with Crippen LogP contribution in [0.4, 0.5) is 5.69 Å². The van der Waals surface area contributed by atoms with Crippen LogP contribution in [-0.2, 0) is 9.59 Å². The molecule has 7 nitrogen and oxygen atoms in total. The molecule has 1 amide bonds. The summed E-state index contributed by atoms with van der Waals surface area (Å²) in [5.41, 5.74) is 8.88. The average Bonchev–Trinajstić information content (AvgIpc) is 3.85. The van der Waals surface area contributed by atoms with E-state index in [0.717, 1.165) is 67.4 Å². The summed E-state index contributed by atoms with van der Waals surface area (Å²) in [6.07, 6.45) is 8.05. The number of benzene rings is 6. The first-order valence-electron chi connectivity index (χ1n) is 18.0. The number of carboxylic acids is 1. The molecule has 1 N–H and O–H groups in total. The Kier molecular flexibility index (Phi) is 7.26. The highest BCUT2D eigenvalue weighted by molar-refractivity contribution is 6.53. The molecular weight excluding hydrogens is 669 g/mol. The van der Waals surface area contributed by atoms with Crippen LogP contribution in [0.3, 0.4) is 0 Å². The van der Waals surface area contributed by atoms with E-state index >= 15 is 0 Å². The number of aromatic nitrogens is 2. The van der Waals surface area contributed by atoms with Gasteiger partial charge in [-0.05, 0) is 96.3 Å². The molecule has 2 aromatic heterocycles. The van der Waals surface area contributed by atoms with Crippen molar-refractivity contribution < 1.29 is 14.7 Å². The van der Waals surface area contributed by atoms with E-state index in [0.29, 0.717) is 5.69 Å². The molecule has 0 bridgehead atoms. The summed E-state index contributed by atoms with van der Waals surface area (Å²) >= 11 is 0. The smallest absolute Gasteiger partial charge is 0.357 e. The van der Waals surface area contributed by atoms with Gasteiger partial charge in [-0.1, -0.05) is 97.1 Å². The van der Waals surface area contributed by atoms with Gasteiger partial charge in [0.15, 0.2) is 5.71 Å². The van der Waals surface area contributed by atoms with Gasteiger partial charge in [0.25, 0.3) is 5.91 Å². The van der Waals surface area contributed by atoms with Crippen LogP contribution >= 0.6 is 0 Å². The maximum Gasteiger partial charge on any atom is 0.357 e. The summed E-state index contributed by atoms with van der Waals surface area (Å²) < 4.78 is 4.62. The number of fused-ring (bicyclic) bond motifs is 6. The second-order valence-electron chi connectivity index (χ2n) is 13.6. The molecule has 0 radical (unpaired) electrons. The molecule has 0 atom stereocenters. The second kappa shape index (κ2) is 12.5. The third kappa shape index (κ3) is 5.01. The lowest BCUT2D eigenvalue weighted by Crippen LogP contribution is -2.30. The van der Waals surface area contributed by atoms with Crippen molar-refractivity contribution in [1.82, 2.24) is 9.13 Å². The lowest BCUT2D eigenvalue weighted by molar-refractivity contribution is -0.129. The first-order valence-corrected chi connectivity index (χ1v) is 18.0. The minimum absolute atomic E-state index is 0.0493. The number of rotatable bonds is 6. The summed E-state index contributed by atoms with van der Waals surface area (Å²) in [6.45, 7) is 0. The zero-order valence-electron chi connectivity index (χ0n) is 29.1. The minimum Gasteiger partial charge on any atom is -0.476 e. The molecule has 0 spiro atoms. The van der Waals surface area contributed by atoms with Gasteiger partial charge >= 0.3 is 5.97 Å². The molecule has 10 rings (SSSR count). The van der Waals surface area contributed by atoms with Crippen LogP contribution in [-0.4, -0.2) is 31.8 Å². The van der Waals surface area contributed by atoms with Gasteiger partial charge in [0.2, 0.25) is 0 Å². The standard InChI is InChI=1S/C47H32N4O3/c52-46-40(45(47(53)54)48-51(46)35-10-2-1-3-11-35)29-30-18-27-44-39(28-30)38-14-6-9-17-43(38)50(44)34-25-21-32(22-26-34)31-19-23-33(24-20-31)49-41-15-7-4-12-36(41)37-13-5-8-16-42(37)49/h1-5,7-8,10-29H,6,9H2,(H,53,54)/b40-29-. The van der Waals surface area contributed by atoms with E-state index in [1.165, 1.54) is 21.8 Å². The van der Waals surface area contributed by atoms with Gasteiger partial charge in [0, 0.05) is 38.1 Å². The van der Waals surface area contributed by atoms with E-state index in [4.69, 9.17) is 0 Å². The molecule has 2 aliphatic rings. The van der Waals surface area contributed by atoms with Crippen molar-refractivity contribution in [3.8, 4) is 22.5 Å². The molecule has 0 fully saturated rings. The molecule has 0 saturated carbocycles.